The van der Waals surface area contributed by atoms with Crippen LogP contribution in [0.5, 0.6) is 0 Å². The Balaban J connectivity index is 1.75. The number of sulfone groups is 1. The molecule has 1 saturated heterocycles. The molecule has 1 fully saturated rings. The van der Waals surface area contributed by atoms with Gasteiger partial charge in [0.05, 0.1) is 21.8 Å². The molecule has 2 aromatic carbocycles. The molecule has 3 aromatic rings. The zero-order chi connectivity index (χ0) is 33.0. The number of amides is 3. The van der Waals surface area contributed by atoms with Gasteiger partial charge in [-0.3, -0.25) is 9.69 Å². The molecule has 2 aliphatic rings. The number of carbonyl (C=O) groups is 2. The molecule has 9 nitrogen and oxygen atoms in total. The Hall–Kier alpha value is -3.80. The number of carbonyl (C=O) groups excluding carboxylic acids is 2. The molecule has 238 valence electrons. The van der Waals surface area contributed by atoms with Crippen molar-refractivity contribution in [2.24, 2.45) is 0 Å². The third-order valence-electron chi connectivity index (χ3n) is 8.49. The van der Waals surface area contributed by atoms with E-state index in [9.17, 15) is 22.4 Å². The number of anilines is 2. The molecule has 0 aliphatic carbocycles. The molecule has 12 heteroatoms. The first kappa shape index (κ1) is 32.6. The summed E-state index contributed by atoms with van der Waals surface area (Å²) in [6.45, 7) is 13.7. The number of halogens is 2. The lowest BCUT2D eigenvalue weighted by Gasteiger charge is -2.52. The van der Waals surface area contributed by atoms with Crippen LogP contribution in [0.15, 0.2) is 66.1 Å². The topological polar surface area (TPSA) is 103 Å². The van der Waals surface area contributed by atoms with Crippen LogP contribution in [-0.4, -0.2) is 66.6 Å². The number of benzene rings is 2. The first-order valence-electron chi connectivity index (χ1n) is 14.7. The number of nitrogens with one attached hydrogen (secondary N) is 1. The van der Waals surface area contributed by atoms with Crippen molar-refractivity contribution in [2.45, 2.75) is 62.6 Å². The Morgan fingerprint density at radius 2 is 1.84 bits per heavy atom. The molecule has 2 aliphatic heterocycles. The van der Waals surface area contributed by atoms with Crippen LogP contribution in [0, 0.1) is 12.7 Å². The van der Waals surface area contributed by atoms with Crippen molar-refractivity contribution < 1.29 is 22.4 Å². The lowest BCUT2D eigenvalue weighted by Crippen LogP contribution is -2.68. The van der Waals surface area contributed by atoms with Gasteiger partial charge in [-0.15, -0.1) is 0 Å². The molecule has 1 aromatic heterocycles. The maximum absolute atomic E-state index is 15.0. The number of aromatic nitrogens is 1. The van der Waals surface area contributed by atoms with Gasteiger partial charge in [-0.1, -0.05) is 44.2 Å². The minimum Gasteiger partial charge on any atom is -0.334 e. The zero-order valence-electron chi connectivity index (χ0n) is 26.1. The van der Waals surface area contributed by atoms with E-state index < -0.39 is 26.8 Å². The van der Waals surface area contributed by atoms with Crippen LogP contribution >= 0.6 is 11.6 Å². The summed E-state index contributed by atoms with van der Waals surface area (Å²) in [6.07, 6.45) is 2.42. The Bertz CT molecular complexity index is 1820. The van der Waals surface area contributed by atoms with Crippen molar-refractivity contribution in [3.63, 3.8) is 0 Å². The fourth-order valence-corrected chi connectivity index (χ4v) is 7.40. The first-order chi connectivity index (χ1) is 21.1. The quantitative estimate of drug-likeness (QED) is 0.198. The summed E-state index contributed by atoms with van der Waals surface area (Å²) < 4.78 is 40.1. The van der Waals surface area contributed by atoms with Crippen molar-refractivity contribution in [1.29, 1.82) is 0 Å². The van der Waals surface area contributed by atoms with E-state index in [2.05, 4.69) is 11.9 Å². The van der Waals surface area contributed by atoms with Crippen molar-refractivity contribution in [3.8, 4) is 11.3 Å². The number of hydrogen-bond acceptors (Lipinski definition) is 6. The number of aryl methyl sites for hydroxylation is 1. The van der Waals surface area contributed by atoms with E-state index in [1.54, 1.807) is 48.2 Å². The molecule has 0 bridgehead atoms. The molecule has 3 amide bonds. The predicted octanol–water partition coefficient (Wildman–Crippen LogP) is 6.04. The van der Waals surface area contributed by atoms with Crippen molar-refractivity contribution in [3.05, 3.63) is 83.7 Å². The van der Waals surface area contributed by atoms with E-state index in [-0.39, 0.29) is 40.2 Å². The second-order valence-corrected chi connectivity index (χ2v) is 14.6. The molecular formula is C33H37ClFN5O4S. The standard InChI is InChI=1S/C33H37ClFN5O4S/c1-8-29(41)38-17-22(6)39(18-21(38)5)33(34)26-13-14-28(24-11-9-10-12-27(24)35)36-31(26)40(32(42)37-33)30-20(4)15-23(45(7,43)44)16-25(30)19(2)3/h8-16,19,21-22H,1,17-18H2,2-7H3,(H,37,42)/t21-,22+,33?/m1/s1. The van der Waals surface area contributed by atoms with E-state index in [0.29, 0.717) is 41.2 Å². The minimum atomic E-state index is -3.55. The summed E-state index contributed by atoms with van der Waals surface area (Å²) in [6, 6.07) is 11.6. The van der Waals surface area contributed by atoms with Crippen LogP contribution in [0.4, 0.5) is 20.7 Å². The van der Waals surface area contributed by atoms with Crippen LogP contribution in [0.25, 0.3) is 11.3 Å². The average molecular weight is 654 g/mol. The first-order valence-corrected chi connectivity index (χ1v) is 17.0. The van der Waals surface area contributed by atoms with Crippen molar-refractivity contribution >= 4 is 44.9 Å². The Morgan fingerprint density at radius 1 is 1.16 bits per heavy atom. The maximum Gasteiger partial charge on any atom is 0.330 e. The number of fused-ring (bicyclic) bond motifs is 1. The number of rotatable bonds is 6. The van der Waals surface area contributed by atoms with Gasteiger partial charge in [0.15, 0.2) is 9.84 Å². The Kier molecular flexibility index (Phi) is 8.58. The monoisotopic (exact) mass is 653 g/mol. The summed E-state index contributed by atoms with van der Waals surface area (Å²) >= 11 is 7.46. The summed E-state index contributed by atoms with van der Waals surface area (Å²) in [5.74, 6) is -0.653. The summed E-state index contributed by atoms with van der Waals surface area (Å²) in [7, 11) is -3.55. The number of urea groups is 1. The van der Waals surface area contributed by atoms with Gasteiger partial charge < -0.3 is 10.2 Å². The molecule has 0 spiro atoms. The Labute approximate surface area is 268 Å². The van der Waals surface area contributed by atoms with Gasteiger partial charge in [-0.25, -0.2) is 27.5 Å². The van der Waals surface area contributed by atoms with E-state index >= 15 is 0 Å². The highest BCUT2D eigenvalue weighted by Gasteiger charge is 2.51. The van der Waals surface area contributed by atoms with Crippen LogP contribution in [-0.2, 0) is 19.8 Å². The number of nitrogens with zero attached hydrogens (tertiary/aromatic N) is 4. The van der Waals surface area contributed by atoms with Gasteiger partial charge in [0.2, 0.25) is 11.0 Å². The van der Waals surface area contributed by atoms with Gasteiger partial charge in [0.25, 0.3) is 0 Å². The molecule has 1 unspecified atom stereocenters. The number of piperazine rings is 1. The maximum atomic E-state index is 15.0. The number of pyridine rings is 1. The van der Waals surface area contributed by atoms with Crippen molar-refractivity contribution in [1.82, 2.24) is 20.1 Å². The fourth-order valence-electron chi connectivity index (χ4n) is 6.20. The van der Waals surface area contributed by atoms with Gasteiger partial charge in [-0.05, 0) is 80.3 Å². The molecule has 3 atom stereocenters. The molecule has 0 radical (unpaired) electrons. The summed E-state index contributed by atoms with van der Waals surface area (Å²) in [5.41, 5.74) is 2.63. The molecule has 45 heavy (non-hydrogen) atoms. The molecule has 0 saturated carbocycles. The average Bonchev–Trinajstić information content (AvgIpc) is 2.97. The third-order valence-corrected chi connectivity index (χ3v) is 10.1. The lowest BCUT2D eigenvalue weighted by molar-refractivity contribution is -0.133. The van der Waals surface area contributed by atoms with E-state index in [1.807, 2.05) is 32.6 Å². The number of alkyl halides is 1. The van der Waals surface area contributed by atoms with E-state index in [1.165, 1.54) is 23.1 Å². The highest BCUT2D eigenvalue weighted by molar-refractivity contribution is 7.90. The lowest BCUT2D eigenvalue weighted by atomic mass is 9.95. The zero-order valence-corrected chi connectivity index (χ0v) is 27.7. The molecular weight excluding hydrogens is 617 g/mol. The largest absolute Gasteiger partial charge is 0.334 e. The van der Waals surface area contributed by atoms with E-state index in [0.717, 1.165) is 6.26 Å². The minimum absolute atomic E-state index is 0.139. The molecule has 1 N–H and O–H groups in total. The molecule has 3 heterocycles. The van der Waals surface area contributed by atoms with E-state index in [4.69, 9.17) is 16.6 Å². The predicted molar refractivity (Wildman–Crippen MR) is 174 cm³/mol. The van der Waals surface area contributed by atoms with Crippen LogP contribution in [0.3, 0.4) is 0 Å². The van der Waals surface area contributed by atoms with Crippen LogP contribution < -0.4 is 10.2 Å². The second kappa shape index (κ2) is 11.9. The van der Waals surface area contributed by atoms with Crippen LogP contribution in [0.2, 0.25) is 0 Å². The summed E-state index contributed by atoms with van der Waals surface area (Å²) in [4.78, 5) is 36.9. The van der Waals surface area contributed by atoms with Gasteiger partial charge in [0, 0.05) is 37.0 Å². The fraction of sp³-hybridized carbons (Fsp3) is 0.364. The highest BCUT2D eigenvalue weighted by Crippen LogP contribution is 2.47. The third kappa shape index (κ3) is 5.73. The van der Waals surface area contributed by atoms with Gasteiger partial charge in [0.1, 0.15) is 11.6 Å². The van der Waals surface area contributed by atoms with Crippen LogP contribution in [0.1, 0.15) is 50.3 Å². The SMILES string of the molecule is C=CC(=O)N1C[C@H](C)N(C2(Cl)NC(=O)N(c3c(C)cc(S(C)(=O)=O)cc3C(C)C)c3nc(-c4ccccc4F)ccc32)C[C@H]1C. The summed E-state index contributed by atoms with van der Waals surface area (Å²) in [5, 5.41) is 1.44. The molecule has 5 rings (SSSR count). The second-order valence-electron chi connectivity index (χ2n) is 12.1. The normalized spacial score (nSPS) is 22.3. The van der Waals surface area contributed by atoms with Crippen molar-refractivity contribution in [2.75, 3.05) is 24.2 Å². The van der Waals surface area contributed by atoms with Gasteiger partial charge >= 0.3 is 6.03 Å². The smallest absolute Gasteiger partial charge is 0.330 e. The number of hydrogen-bond donors (Lipinski definition) is 1. The Morgan fingerprint density at radius 3 is 2.47 bits per heavy atom. The van der Waals surface area contributed by atoms with Gasteiger partial charge in [-0.2, -0.15) is 0 Å². The highest BCUT2D eigenvalue weighted by atomic mass is 35.5.